The SMILES string of the molecule is COc1ccc2nc(N(/N=C/c3ccc([N+](=O)[O-])s3)C(=O)c3ccc(S(=O)(=O)N4CCC(C)CC4)cc3)sc2c1. The molecule has 2 aromatic carbocycles. The summed E-state index contributed by atoms with van der Waals surface area (Å²) in [5, 5.41) is 16.7. The topological polar surface area (TPSA) is 135 Å². The molecule has 3 heterocycles. The second kappa shape index (κ2) is 11.4. The largest absolute Gasteiger partial charge is 0.497 e. The van der Waals surface area contributed by atoms with E-state index < -0.39 is 20.9 Å². The van der Waals surface area contributed by atoms with E-state index >= 15 is 0 Å². The van der Waals surface area contributed by atoms with E-state index in [0.29, 0.717) is 35.2 Å². The van der Waals surface area contributed by atoms with Crippen molar-refractivity contribution in [3.63, 3.8) is 0 Å². The van der Waals surface area contributed by atoms with Crippen LogP contribution in [0.4, 0.5) is 10.1 Å². The number of benzene rings is 2. The Morgan fingerprint density at radius 2 is 1.88 bits per heavy atom. The fraction of sp³-hybridized carbons (Fsp3) is 0.269. The quantitative estimate of drug-likeness (QED) is 0.151. The zero-order chi connectivity index (χ0) is 28.4. The van der Waals surface area contributed by atoms with Gasteiger partial charge in [0.05, 0.1) is 38.2 Å². The number of nitro groups is 1. The first-order chi connectivity index (χ1) is 19.2. The van der Waals surface area contributed by atoms with E-state index in [4.69, 9.17) is 4.74 Å². The van der Waals surface area contributed by atoms with Gasteiger partial charge in [-0.3, -0.25) is 14.9 Å². The third kappa shape index (κ3) is 5.75. The van der Waals surface area contributed by atoms with Crippen LogP contribution in [0.1, 0.15) is 35.0 Å². The summed E-state index contributed by atoms with van der Waals surface area (Å²) < 4.78 is 33.8. The standard InChI is InChI=1S/C26H25N5O6S3/c1-17-11-13-29(14-12-17)40(35,36)21-7-3-18(4-8-21)25(32)30(27-16-20-6-10-24(38-20)31(33)34)26-28-22-9-5-19(37-2)15-23(22)39-26/h3-10,15-17H,11-14H2,1-2H3/b27-16+. The Balaban J connectivity index is 1.46. The Morgan fingerprint density at radius 3 is 2.52 bits per heavy atom. The average Bonchev–Trinajstić information content (AvgIpc) is 3.60. The van der Waals surface area contributed by atoms with Crippen LogP contribution in [0.25, 0.3) is 10.2 Å². The summed E-state index contributed by atoms with van der Waals surface area (Å²) in [6.45, 7) is 3.05. The first-order valence-corrected chi connectivity index (χ1v) is 15.4. The summed E-state index contributed by atoms with van der Waals surface area (Å²) in [5.74, 6) is 0.584. The highest BCUT2D eigenvalue weighted by Gasteiger charge is 2.29. The van der Waals surface area contributed by atoms with Crippen LogP contribution in [0.3, 0.4) is 0 Å². The van der Waals surface area contributed by atoms with Crippen LogP contribution >= 0.6 is 22.7 Å². The van der Waals surface area contributed by atoms with Gasteiger partial charge in [0, 0.05) is 24.7 Å². The lowest BCUT2D eigenvalue weighted by Crippen LogP contribution is -2.37. The minimum atomic E-state index is -3.67. The van der Waals surface area contributed by atoms with Gasteiger partial charge in [-0.15, -0.1) is 0 Å². The molecule has 1 amide bonds. The maximum absolute atomic E-state index is 13.7. The van der Waals surface area contributed by atoms with Gasteiger partial charge in [-0.25, -0.2) is 13.4 Å². The zero-order valence-electron chi connectivity index (χ0n) is 21.6. The molecule has 0 radical (unpaired) electrons. The number of aromatic nitrogens is 1. The number of methoxy groups -OCH3 is 1. The van der Waals surface area contributed by atoms with Crippen molar-refractivity contribution in [2.45, 2.75) is 24.7 Å². The molecule has 4 aromatic rings. The molecule has 0 bridgehead atoms. The number of hydrogen-bond donors (Lipinski definition) is 0. The van der Waals surface area contributed by atoms with Gasteiger partial charge in [0.25, 0.3) is 5.91 Å². The molecule has 2 aromatic heterocycles. The van der Waals surface area contributed by atoms with Gasteiger partial charge < -0.3 is 4.74 Å². The number of hydrazone groups is 1. The molecule has 0 spiro atoms. The summed E-state index contributed by atoms with van der Waals surface area (Å²) in [6.07, 6.45) is 2.98. The van der Waals surface area contributed by atoms with Crippen molar-refractivity contribution in [1.29, 1.82) is 0 Å². The lowest BCUT2D eigenvalue weighted by Gasteiger charge is -2.29. The average molecular weight is 600 g/mol. The molecule has 208 valence electrons. The number of sulfonamides is 1. The van der Waals surface area contributed by atoms with Crippen LogP contribution in [-0.2, 0) is 10.0 Å². The van der Waals surface area contributed by atoms with Gasteiger partial charge in [0.1, 0.15) is 5.75 Å². The lowest BCUT2D eigenvalue weighted by molar-refractivity contribution is -0.380. The number of carbonyl (C=O) groups is 1. The number of hydrogen-bond acceptors (Lipinski definition) is 10. The first-order valence-electron chi connectivity index (χ1n) is 12.3. The molecular weight excluding hydrogens is 575 g/mol. The number of nitrogens with zero attached hydrogens (tertiary/aromatic N) is 5. The number of carbonyl (C=O) groups excluding carboxylic acids is 1. The molecule has 1 saturated heterocycles. The second-order valence-corrected chi connectivity index (χ2v) is 13.3. The second-order valence-electron chi connectivity index (χ2n) is 9.24. The van der Waals surface area contributed by atoms with Crippen LogP contribution in [-0.4, -0.2) is 55.0 Å². The number of ether oxygens (including phenoxy) is 1. The number of thiazole rings is 1. The molecule has 0 saturated carbocycles. The Bertz CT molecular complexity index is 1690. The van der Waals surface area contributed by atoms with Crippen LogP contribution < -0.4 is 9.75 Å². The van der Waals surface area contributed by atoms with Gasteiger partial charge in [-0.05, 0) is 67.3 Å². The third-order valence-corrected chi connectivity index (χ3v) is 10.4. The molecule has 5 rings (SSSR count). The third-order valence-electron chi connectivity index (χ3n) is 6.53. The number of rotatable bonds is 8. The summed E-state index contributed by atoms with van der Waals surface area (Å²) in [6, 6.07) is 14.0. The molecule has 0 unspecified atom stereocenters. The van der Waals surface area contributed by atoms with Crippen molar-refractivity contribution >= 4 is 65.2 Å². The van der Waals surface area contributed by atoms with E-state index in [1.54, 1.807) is 31.4 Å². The molecule has 1 fully saturated rings. The molecule has 0 atom stereocenters. The summed E-state index contributed by atoms with van der Waals surface area (Å²) in [4.78, 5) is 29.4. The number of anilines is 1. The maximum atomic E-state index is 13.7. The van der Waals surface area contributed by atoms with Crippen molar-refractivity contribution < 1.29 is 22.9 Å². The van der Waals surface area contributed by atoms with E-state index in [9.17, 15) is 23.3 Å². The Kier molecular flexibility index (Phi) is 7.94. The highest BCUT2D eigenvalue weighted by Crippen LogP contribution is 2.33. The van der Waals surface area contributed by atoms with E-state index in [0.717, 1.165) is 33.9 Å². The van der Waals surface area contributed by atoms with E-state index in [1.807, 2.05) is 0 Å². The van der Waals surface area contributed by atoms with Crippen molar-refractivity contribution in [3.8, 4) is 5.75 Å². The van der Waals surface area contributed by atoms with Crippen molar-refractivity contribution in [1.82, 2.24) is 9.29 Å². The Hall–Kier alpha value is -3.72. The number of amides is 1. The van der Waals surface area contributed by atoms with Crippen LogP contribution in [0.5, 0.6) is 5.75 Å². The molecule has 40 heavy (non-hydrogen) atoms. The smallest absolute Gasteiger partial charge is 0.324 e. The van der Waals surface area contributed by atoms with E-state index in [1.165, 1.54) is 52.2 Å². The molecular formula is C26H25N5O6S3. The van der Waals surface area contributed by atoms with Gasteiger partial charge in [-0.1, -0.05) is 29.6 Å². The monoisotopic (exact) mass is 599 g/mol. The fourth-order valence-electron chi connectivity index (χ4n) is 4.19. The molecule has 14 heteroatoms. The van der Waals surface area contributed by atoms with Crippen LogP contribution in [0.15, 0.2) is 64.6 Å². The Morgan fingerprint density at radius 1 is 1.15 bits per heavy atom. The lowest BCUT2D eigenvalue weighted by atomic mass is 10.0. The highest BCUT2D eigenvalue weighted by atomic mass is 32.2. The van der Waals surface area contributed by atoms with Crippen molar-refractivity contribution in [2.75, 3.05) is 25.2 Å². The summed E-state index contributed by atoms with van der Waals surface area (Å²) in [5.41, 5.74) is 0.843. The first kappa shape index (κ1) is 27.8. The molecule has 1 aliphatic heterocycles. The van der Waals surface area contributed by atoms with Gasteiger partial charge in [0.2, 0.25) is 15.2 Å². The van der Waals surface area contributed by atoms with E-state index in [-0.39, 0.29) is 20.6 Å². The molecule has 0 aliphatic carbocycles. The number of fused-ring (bicyclic) bond motifs is 1. The normalized spacial score (nSPS) is 15.1. The minimum Gasteiger partial charge on any atom is -0.497 e. The predicted molar refractivity (Wildman–Crippen MR) is 155 cm³/mol. The van der Waals surface area contributed by atoms with Crippen LogP contribution in [0.2, 0.25) is 0 Å². The number of thiophene rings is 1. The van der Waals surface area contributed by atoms with Crippen molar-refractivity contribution in [2.24, 2.45) is 11.0 Å². The van der Waals surface area contributed by atoms with Gasteiger partial charge >= 0.3 is 5.00 Å². The minimum absolute atomic E-state index is 0.0497. The highest BCUT2D eigenvalue weighted by molar-refractivity contribution is 7.89. The van der Waals surface area contributed by atoms with E-state index in [2.05, 4.69) is 17.0 Å². The molecule has 11 nitrogen and oxygen atoms in total. The van der Waals surface area contributed by atoms with Gasteiger partial charge in [0.15, 0.2) is 0 Å². The molecule has 1 aliphatic rings. The van der Waals surface area contributed by atoms with Crippen LogP contribution in [0, 0.1) is 16.0 Å². The molecule has 0 N–H and O–H groups in total. The fourth-order valence-corrected chi connectivity index (χ4v) is 7.30. The predicted octanol–water partition coefficient (Wildman–Crippen LogP) is 5.38. The maximum Gasteiger partial charge on any atom is 0.324 e. The van der Waals surface area contributed by atoms with Crippen molar-refractivity contribution in [3.05, 3.63) is 75.2 Å². The zero-order valence-corrected chi connectivity index (χ0v) is 24.0. The summed E-state index contributed by atoms with van der Waals surface area (Å²) in [7, 11) is -2.12. The number of piperidine rings is 1. The van der Waals surface area contributed by atoms with Gasteiger partial charge in [-0.2, -0.15) is 14.4 Å². The summed E-state index contributed by atoms with van der Waals surface area (Å²) >= 11 is 2.14. The Labute approximate surface area is 238 Å².